The highest BCUT2D eigenvalue weighted by Gasteiger charge is 2.26. The van der Waals surface area contributed by atoms with Crippen LogP contribution in [0.15, 0.2) is 76.5 Å². The minimum Gasteiger partial charge on any atom is -0.359 e. The maximum Gasteiger partial charge on any atom is 0.241 e. The second kappa shape index (κ2) is 10.2. The van der Waals surface area contributed by atoms with Crippen molar-refractivity contribution in [2.24, 2.45) is 5.92 Å². The average molecular weight is 536 g/mol. The molecule has 8 heteroatoms. The smallest absolute Gasteiger partial charge is 0.241 e. The van der Waals surface area contributed by atoms with Gasteiger partial charge >= 0.3 is 0 Å². The summed E-state index contributed by atoms with van der Waals surface area (Å²) in [6.07, 6.45) is 5.10. The van der Waals surface area contributed by atoms with E-state index in [9.17, 15) is 8.42 Å². The van der Waals surface area contributed by atoms with E-state index in [-0.39, 0.29) is 0 Å². The molecule has 1 aliphatic heterocycles. The molecule has 3 aromatic carbocycles. The second-order valence-electron chi connectivity index (χ2n) is 9.58. The van der Waals surface area contributed by atoms with Crippen LogP contribution in [-0.4, -0.2) is 31.7 Å². The van der Waals surface area contributed by atoms with Gasteiger partial charge in [0.1, 0.15) is 0 Å². The van der Waals surface area contributed by atoms with Crippen LogP contribution in [0.25, 0.3) is 22.0 Å². The summed E-state index contributed by atoms with van der Waals surface area (Å²) in [4.78, 5) is 8.04. The van der Waals surface area contributed by atoms with E-state index in [4.69, 9.17) is 4.98 Å². The topological polar surface area (TPSA) is 71.1 Å². The number of thioether (sulfide) groups is 1. The first kappa shape index (κ1) is 24.0. The number of aryl methyl sites for hydroxylation is 1. The molecule has 0 amide bonds. The van der Waals surface area contributed by atoms with Crippen molar-refractivity contribution in [2.75, 3.05) is 17.6 Å². The van der Waals surface area contributed by atoms with Gasteiger partial charge in [0.25, 0.3) is 0 Å². The predicted molar refractivity (Wildman–Crippen MR) is 150 cm³/mol. The van der Waals surface area contributed by atoms with Crippen molar-refractivity contribution in [1.82, 2.24) is 9.71 Å². The molecule has 1 aromatic heterocycles. The quantitative estimate of drug-likeness (QED) is 0.293. The number of aromatic nitrogens is 1. The molecule has 0 radical (unpaired) electrons. The molecule has 186 valence electrons. The zero-order valence-electron chi connectivity index (χ0n) is 19.9. The lowest BCUT2D eigenvalue weighted by Gasteiger charge is -2.29. The van der Waals surface area contributed by atoms with E-state index in [1.165, 1.54) is 15.3 Å². The average Bonchev–Trinajstić information content (AvgIpc) is 3.22. The number of rotatable bonds is 6. The third-order valence-corrected chi connectivity index (χ3v) is 10.8. The van der Waals surface area contributed by atoms with Crippen LogP contribution in [0, 0.1) is 5.92 Å². The number of sulfonamides is 1. The molecule has 1 saturated carbocycles. The summed E-state index contributed by atoms with van der Waals surface area (Å²) >= 11 is 3.71. The van der Waals surface area contributed by atoms with Crippen molar-refractivity contribution in [3.63, 3.8) is 0 Å². The second-order valence-corrected chi connectivity index (χ2v) is 13.5. The Labute approximate surface area is 220 Å². The first-order valence-corrected chi connectivity index (χ1v) is 15.8. The molecule has 0 unspecified atom stereocenters. The summed E-state index contributed by atoms with van der Waals surface area (Å²) in [5.41, 5.74) is 2.39. The van der Waals surface area contributed by atoms with Crippen LogP contribution in [0.1, 0.15) is 30.6 Å². The molecular weight excluding hydrogens is 507 g/mol. The Kier molecular flexibility index (Phi) is 6.77. The van der Waals surface area contributed by atoms with Crippen molar-refractivity contribution < 1.29 is 8.42 Å². The van der Waals surface area contributed by atoms with Gasteiger partial charge in [-0.2, -0.15) is 0 Å². The Bertz CT molecular complexity index is 1490. The van der Waals surface area contributed by atoms with Gasteiger partial charge in [0, 0.05) is 39.1 Å². The molecule has 4 aromatic rings. The number of hydrogen-bond acceptors (Lipinski definition) is 6. The van der Waals surface area contributed by atoms with Gasteiger partial charge in [0.2, 0.25) is 10.0 Å². The van der Waals surface area contributed by atoms with Gasteiger partial charge in [-0.1, -0.05) is 54.6 Å². The predicted octanol–water partition coefficient (Wildman–Crippen LogP) is 6.56. The van der Waals surface area contributed by atoms with Gasteiger partial charge in [0.15, 0.2) is 5.13 Å². The first-order valence-electron chi connectivity index (χ1n) is 12.5. The molecule has 6 rings (SSSR count). The van der Waals surface area contributed by atoms with Crippen LogP contribution in [0.5, 0.6) is 0 Å². The third-order valence-electron chi connectivity index (χ3n) is 7.20. The van der Waals surface area contributed by atoms with E-state index in [0.29, 0.717) is 23.4 Å². The zero-order valence-corrected chi connectivity index (χ0v) is 22.4. The minimum absolute atomic E-state index is 0.352. The third kappa shape index (κ3) is 4.92. The van der Waals surface area contributed by atoms with Crippen molar-refractivity contribution in [3.8, 4) is 11.3 Å². The fourth-order valence-electron chi connectivity index (χ4n) is 5.26. The van der Waals surface area contributed by atoms with Crippen molar-refractivity contribution in [2.45, 2.75) is 47.9 Å². The highest BCUT2D eigenvalue weighted by atomic mass is 32.2. The summed E-state index contributed by atoms with van der Waals surface area (Å²) in [5.74, 6) is 1.44. The lowest BCUT2D eigenvalue weighted by molar-refractivity contribution is 0.337. The molecule has 0 saturated heterocycles. The number of thiazole rings is 1. The number of hydrogen-bond donors (Lipinski definition) is 2. The van der Waals surface area contributed by atoms with E-state index in [1.54, 1.807) is 17.4 Å². The van der Waals surface area contributed by atoms with E-state index in [0.717, 1.165) is 59.5 Å². The van der Waals surface area contributed by atoms with Crippen LogP contribution in [0.2, 0.25) is 0 Å². The molecule has 0 bridgehead atoms. The molecule has 0 spiro atoms. The molecule has 1 fully saturated rings. The molecule has 5 nitrogen and oxygen atoms in total. The maximum atomic E-state index is 13.1. The lowest BCUT2D eigenvalue weighted by atomic mass is 9.86. The fourth-order valence-corrected chi connectivity index (χ4v) is 8.80. The van der Waals surface area contributed by atoms with Gasteiger partial charge in [0.05, 0.1) is 10.6 Å². The van der Waals surface area contributed by atoms with E-state index in [1.807, 2.05) is 48.2 Å². The van der Waals surface area contributed by atoms with Gasteiger partial charge in [-0.3, -0.25) is 0 Å². The summed E-state index contributed by atoms with van der Waals surface area (Å²) < 4.78 is 29.0. The van der Waals surface area contributed by atoms with E-state index in [2.05, 4.69) is 34.3 Å². The molecular formula is C28H29N3O2S3. The van der Waals surface area contributed by atoms with E-state index < -0.39 is 10.0 Å². The maximum absolute atomic E-state index is 13.1. The zero-order chi connectivity index (χ0) is 24.5. The highest BCUT2D eigenvalue weighted by molar-refractivity contribution is 7.99. The van der Waals surface area contributed by atoms with Gasteiger partial charge in [-0.05, 0) is 55.5 Å². The number of anilines is 1. The van der Waals surface area contributed by atoms with Crippen molar-refractivity contribution in [1.29, 1.82) is 0 Å². The van der Waals surface area contributed by atoms with Crippen molar-refractivity contribution in [3.05, 3.63) is 71.6 Å². The molecule has 36 heavy (non-hydrogen) atoms. The van der Waals surface area contributed by atoms with Crippen LogP contribution >= 0.6 is 23.1 Å². The Hall–Kier alpha value is -2.39. The Morgan fingerprint density at radius 3 is 2.58 bits per heavy atom. The number of benzene rings is 3. The molecule has 1 aliphatic carbocycles. The Morgan fingerprint density at radius 1 is 0.917 bits per heavy atom. The Morgan fingerprint density at radius 2 is 1.69 bits per heavy atom. The van der Waals surface area contributed by atoms with Crippen LogP contribution in [0.3, 0.4) is 0 Å². The summed E-state index contributed by atoms with van der Waals surface area (Å²) in [6.45, 7) is 0.484. The summed E-state index contributed by atoms with van der Waals surface area (Å²) in [7, 11) is -3.55. The monoisotopic (exact) mass is 535 g/mol. The number of nitrogens with one attached hydrogen (secondary N) is 2. The lowest BCUT2D eigenvalue weighted by Crippen LogP contribution is -2.34. The summed E-state index contributed by atoms with van der Waals surface area (Å²) in [6, 6.07) is 22.0. The summed E-state index contributed by atoms with van der Waals surface area (Å²) in [5, 5.41) is 6.41. The standard InChI is InChI=1S/C28H29N3O2S3/c32-36(33,26-11-5-7-20-6-1-2-8-22(20)26)29-18-19-12-14-21(15-13-19)30-28-31-27-23-9-3-4-10-24(23)34-17-16-25(27)35-28/h1-11,19,21,29H,12-18H2,(H,30,31). The molecule has 2 aliphatic rings. The fraction of sp³-hybridized carbons (Fsp3) is 0.321. The normalized spacial score (nSPS) is 19.9. The highest BCUT2D eigenvalue weighted by Crippen LogP contribution is 2.41. The molecule has 2 heterocycles. The molecule has 2 N–H and O–H groups in total. The van der Waals surface area contributed by atoms with E-state index >= 15 is 0 Å². The molecule has 0 atom stereocenters. The minimum atomic E-state index is -3.55. The largest absolute Gasteiger partial charge is 0.359 e. The van der Waals surface area contributed by atoms with Gasteiger partial charge < -0.3 is 5.32 Å². The Balaban J connectivity index is 1.06. The number of fused-ring (bicyclic) bond motifs is 4. The van der Waals surface area contributed by atoms with Gasteiger partial charge in [-0.15, -0.1) is 23.1 Å². The van der Waals surface area contributed by atoms with Crippen LogP contribution in [-0.2, 0) is 16.4 Å². The first-order chi connectivity index (χ1) is 17.6. The SMILES string of the molecule is O=S(=O)(NCC1CCC(Nc2nc3c(s2)CCSc2ccccc2-3)CC1)c1cccc2ccccc12. The number of nitrogens with zero attached hydrogens (tertiary/aromatic N) is 1. The van der Waals surface area contributed by atoms with Gasteiger partial charge in [-0.25, -0.2) is 18.1 Å². The van der Waals surface area contributed by atoms with Crippen LogP contribution < -0.4 is 10.0 Å². The van der Waals surface area contributed by atoms with Crippen molar-refractivity contribution >= 4 is 49.0 Å². The van der Waals surface area contributed by atoms with Crippen LogP contribution in [0.4, 0.5) is 5.13 Å².